The summed E-state index contributed by atoms with van der Waals surface area (Å²) in [6.45, 7) is 0. The van der Waals surface area contributed by atoms with Crippen molar-refractivity contribution in [2.45, 2.75) is 31.2 Å². The Balaban J connectivity index is 1.91. The Kier molecular flexibility index (Phi) is 3.22. The maximum Gasteiger partial charge on any atom is 0.319 e. The van der Waals surface area contributed by atoms with Crippen molar-refractivity contribution in [1.82, 2.24) is 15.1 Å². The summed E-state index contributed by atoms with van der Waals surface area (Å²) in [5.41, 5.74) is -0.00205. The molecule has 0 unspecified atom stereocenters. The lowest BCUT2D eigenvalue weighted by atomic mass is 9.74. The molecule has 0 aliphatic heterocycles. The fraction of sp³-hybridized carbons (Fsp3) is 0.545. The molecular formula is C11H16N4O3. The van der Waals surface area contributed by atoms with Crippen LogP contribution in [0.5, 0.6) is 0 Å². The van der Waals surface area contributed by atoms with Gasteiger partial charge in [-0.15, -0.1) is 0 Å². The molecule has 1 aliphatic rings. The summed E-state index contributed by atoms with van der Waals surface area (Å²) in [5.74, 6) is -0.892. The van der Waals surface area contributed by atoms with Gasteiger partial charge in [0, 0.05) is 13.2 Å². The molecule has 0 saturated heterocycles. The monoisotopic (exact) mass is 252 g/mol. The van der Waals surface area contributed by atoms with Crippen LogP contribution in [0.25, 0.3) is 0 Å². The van der Waals surface area contributed by atoms with Crippen LogP contribution in [0.4, 0.5) is 10.5 Å². The Hall–Kier alpha value is -2.05. The summed E-state index contributed by atoms with van der Waals surface area (Å²) >= 11 is 0. The Bertz CT molecular complexity index is 465. The maximum atomic E-state index is 11.8. The number of hydrogen-bond donors (Lipinski definition) is 3. The van der Waals surface area contributed by atoms with Crippen LogP contribution in [0.2, 0.25) is 0 Å². The zero-order valence-corrected chi connectivity index (χ0v) is 10.1. The van der Waals surface area contributed by atoms with Gasteiger partial charge in [-0.2, -0.15) is 5.10 Å². The molecule has 2 rings (SSSR count). The Labute approximate surface area is 104 Å². The van der Waals surface area contributed by atoms with Gasteiger partial charge in [-0.05, 0) is 19.3 Å². The van der Waals surface area contributed by atoms with Gasteiger partial charge < -0.3 is 15.7 Å². The normalized spacial score (nSPS) is 16.7. The van der Waals surface area contributed by atoms with Crippen molar-refractivity contribution < 1.29 is 14.7 Å². The summed E-state index contributed by atoms with van der Waals surface area (Å²) in [5, 5.41) is 18.1. The predicted octanol–water partition coefficient (Wildman–Crippen LogP) is 0.939. The van der Waals surface area contributed by atoms with Gasteiger partial charge >= 0.3 is 12.0 Å². The number of carboxylic acid groups (broad SMARTS) is 1. The number of carboxylic acids is 1. The first kappa shape index (κ1) is 12.4. The van der Waals surface area contributed by atoms with Crippen LogP contribution in [0, 0.1) is 0 Å². The minimum Gasteiger partial charge on any atom is -0.481 e. The second kappa shape index (κ2) is 4.67. The van der Waals surface area contributed by atoms with Crippen molar-refractivity contribution in [1.29, 1.82) is 0 Å². The number of urea groups is 1. The molecule has 1 aromatic rings. The number of aliphatic carboxylic acids is 1. The minimum absolute atomic E-state index is 0.0343. The number of carbonyl (C=O) groups excluding carboxylic acids is 1. The molecule has 1 heterocycles. The van der Waals surface area contributed by atoms with E-state index in [-0.39, 0.29) is 12.5 Å². The number of aromatic nitrogens is 2. The number of nitrogens with one attached hydrogen (secondary N) is 2. The lowest BCUT2D eigenvalue weighted by molar-refractivity contribution is -0.139. The third-order valence-corrected chi connectivity index (χ3v) is 3.14. The van der Waals surface area contributed by atoms with Crippen molar-refractivity contribution in [3.05, 3.63) is 12.4 Å². The Morgan fingerprint density at radius 1 is 1.56 bits per heavy atom. The van der Waals surface area contributed by atoms with Crippen molar-refractivity contribution in [2.75, 3.05) is 5.32 Å². The summed E-state index contributed by atoms with van der Waals surface area (Å²) in [6, 6.07) is -0.385. The standard InChI is InChI=1S/C11H16N4O3/c1-15-7-8(6-12-15)13-10(18)14-11(3-2-4-11)5-9(16)17/h6-7H,2-5H2,1H3,(H,16,17)(H2,13,14,18). The van der Waals surface area contributed by atoms with E-state index in [1.54, 1.807) is 17.9 Å². The van der Waals surface area contributed by atoms with E-state index in [0.29, 0.717) is 18.5 Å². The Morgan fingerprint density at radius 2 is 2.28 bits per heavy atom. The predicted molar refractivity (Wildman–Crippen MR) is 64.2 cm³/mol. The highest BCUT2D eigenvalue weighted by molar-refractivity contribution is 5.90. The Morgan fingerprint density at radius 3 is 2.72 bits per heavy atom. The molecule has 98 valence electrons. The third-order valence-electron chi connectivity index (χ3n) is 3.14. The van der Waals surface area contributed by atoms with Crippen LogP contribution >= 0.6 is 0 Å². The molecule has 0 aromatic carbocycles. The van der Waals surface area contributed by atoms with Gasteiger partial charge in [0.1, 0.15) is 0 Å². The second-order valence-corrected chi connectivity index (χ2v) is 4.69. The first-order valence-corrected chi connectivity index (χ1v) is 5.79. The van der Waals surface area contributed by atoms with Gasteiger partial charge in [-0.25, -0.2) is 4.79 Å². The minimum atomic E-state index is -0.892. The fourth-order valence-electron chi connectivity index (χ4n) is 2.13. The lowest BCUT2D eigenvalue weighted by Crippen LogP contribution is -2.55. The van der Waals surface area contributed by atoms with Crippen LogP contribution in [0.3, 0.4) is 0 Å². The molecule has 1 fully saturated rings. The highest BCUT2D eigenvalue weighted by Crippen LogP contribution is 2.34. The van der Waals surface area contributed by atoms with E-state index in [1.807, 2.05) is 0 Å². The molecule has 0 spiro atoms. The number of rotatable bonds is 4. The first-order chi connectivity index (χ1) is 8.49. The summed E-state index contributed by atoms with van der Waals surface area (Å²) < 4.78 is 1.58. The van der Waals surface area contributed by atoms with Gasteiger partial charge in [-0.3, -0.25) is 9.48 Å². The van der Waals surface area contributed by atoms with E-state index >= 15 is 0 Å². The average molecular weight is 252 g/mol. The number of amides is 2. The van der Waals surface area contributed by atoms with Gasteiger partial charge in [0.05, 0.1) is 23.8 Å². The summed E-state index contributed by atoms with van der Waals surface area (Å²) in [7, 11) is 1.75. The molecule has 0 atom stereocenters. The molecule has 2 amide bonds. The molecule has 18 heavy (non-hydrogen) atoms. The van der Waals surface area contributed by atoms with Crippen molar-refractivity contribution >= 4 is 17.7 Å². The maximum absolute atomic E-state index is 11.8. The average Bonchev–Trinajstić information content (AvgIpc) is 2.59. The quantitative estimate of drug-likeness (QED) is 0.743. The number of anilines is 1. The van der Waals surface area contributed by atoms with Gasteiger partial charge in [0.25, 0.3) is 0 Å². The largest absolute Gasteiger partial charge is 0.481 e. The zero-order chi connectivity index (χ0) is 13.2. The summed E-state index contributed by atoms with van der Waals surface area (Å²) in [4.78, 5) is 22.5. The lowest BCUT2D eigenvalue weighted by Gasteiger charge is -2.41. The van der Waals surface area contributed by atoms with Crippen LogP contribution in [-0.4, -0.2) is 32.4 Å². The molecule has 1 saturated carbocycles. The van der Waals surface area contributed by atoms with E-state index in [9.17, 15) is 9.59 Å². The van der Waals surface area contributed by atoms with Crippen molar-refractivity contribution in [2.24, 2.45) is 7.05 Å². The van der Waals surface area contributed by atoms with E-state index in [0.717, 1.165) is 6.42 Å². The zero-order valence-electron chi connectivity index (χ0n) is 10.1. The molecule has 7 nitrogen and oxygen atoms in total. The smallest absolute Gasteiger partial charge is 0.319 e. The molecule has 1 aliphatic carbocycles. The van der Waals surface area contributed by atoms with E-state index < -0.39 is 11.5 Å². The van der Waals surface area contributed by atoms with Crippen molar-refractivity contribution in [3.63, 3.8) is 0 Å². The molecule has 3 N–H and O–H groups in total. The van der Waals surface area contributed by atoms with E-state index in [1.165, 1.54) is 6.20 Å². The van der Waals surface area contributed by atoms with Crippen LogP contribution in [-0.2, 0) is 11.8 Å². The van der Waals surface area contributed by atoms with Crippen LogP contribution in [0.15, 0.2) is 12.4 Å². The highest BCUT2D eigenvalue weighted by Gasteiger charge is 2.40. The molecule has 1 aromatic heterocycles. The summed E-state index contributed by atoms with van der Waals surface area (Å²) in [6.07, 6.45) is 5.53. The molecular weight excluding hydrogens is 236 g/mol. The number of nitrogens with zero attached hydrogens (tertiary/aromatic N) is 2. The number of aryl methyl sites for hydroxylation is 1. The third kappa shape index (κ3) is 2.79. The van der Waals surface area contributed by atoms with E-state index in [4.69, 9.17) is 5.11 Å². The number of hydrogen-bond acceptors (Lipinski definition) is 3. The van der Waals surface area contributed by atoms with Crippen LogP contribution < -0.4 is 10.6 Å². The van der Waals surface area contributed by atoms with Gasteiger partial charge in [-0.1, -0.05) is 0 Å². The van der Waals surface area contributed by atoms with Crippen LogP contribution in [0.1, 0.15) is 25.7 Å². The molecule has 7 heteroatoms. The highest BCUT2D eigenvalue weighted by atomic mass is 16.4. The SMILES string of the molecule is Cn1cc(NC(=O)NC2(CC(=O)O)CCC2)cn1. The van der Waals surface area contributed by atoms with Gasteiger partial charge in [0.2, 0.25) is 0 Å². The molecule has 0 radical (unpaired) electrons. The second-order valence-electron chi connectivity index (χ2n) is 4.69. The first-order valence-electron chi connectivity index (χ1n) is 5.79. The molecule has 0 bridgehead atoms. The fourth-order valence-corrected chi connectivity index (χ4v) is 2.13. The van der Waals surface area contributed by atoms with Crippen molar-refractivity contribution in [3.8, 4) is 0 Å². The topological polar surface area (TPSA) is 96.2 Å². The number of carbonyl (C=O) groups is 2. The van der Waals surface area contributed by atoms with E-state index in [2.05, 4.69) is 15.7 Å². The van der Waals surface area contributed by atoms with Gasteiger partial charge in [0.15, 0.2) is 0 Å².